The smallest absolute Gasteiger partial charge is 0.408 e. The maximum absolute atomic E-state index is 12.9. The van der Waals surface area contributed by atoms with Crippen LogP contribution in [0.5, 0.6) is 5.75 Å². The number of benzene rings is 1. The fraction of sp³-hybridized carbons (Fsp3) is 0.391. The van der Waals surface area contributed by atoms with Gasteiger partial charge in [0.15, 0.2) is 0 Å². The molecule has 0 saturated carbocycles. The first-order valence-electron chi connectivity index (χ1n) is 10.5. The van der Waals surface area contributed by atoms with Crippen molar-refractivity contribution in [1.82, 2.24) is 15.8 Å². The molecule has 0 spiro atoms. The summed E-state index contributed by atoms with van der Waals surface area (Å²) in [7, 11) is 0. The second kappa shape index (κ2) is 11.8. The second-order valence-corrected chi connectivity index (χ2v) is 8.49. The van der Waals surface area contributed by atoms with Crippen LogP contribution in [0, 0.1) is 0 Å². The summed E-state index contributed by atoms with van der Waals surface area (Å²) in [5.41, 5.74) is 2.88. The standard InChI is InChI=1S/C23H30N4O6/c1-23(2,3)33-22(31)26-19(13-17-11-12-18(28)14-24-17)21(30)25-16-9-7-15(8-10-16)5-4-6-20(29)27-32/h7-12,14,19,28,32H,4-6,13H2,1-3H3,(H,25,30)(H,26,31)(H,27,29)/t19-/m1/s1. The number of rotatable bonds is 9. The number of hydrogen-bond donors (Lipinski definition) is 5. The highest BCUT2D eigenvalue weighted by molar-refractivity contribution is 5.96. The number of hydrogen-bond acceptors (Lipinski definition) is 7. The number of aromatic hydroxyl groups is 1. The summed E-state index contributed by atoms with van der Waals surface area (Å²) < 4.78 is 5.27. The maximum atomic E-state index is 12.9. The molecule has 1 heterocycles. The lowest BCUT2D eigenvalue weighted by Crippen LogP contribution is -2.47. The Morgan fingerprint density at radius 3 is 2.36 bits per heavy atom. The lowest BCUT2D eigenvalue weighted by Gasteiger charge is -2.23. The number of hydroxylamine groups is 1. The van der Waals surface area contributed by atoms with Crippen molar-refractivity contribution in [3.8, 4) is 5.75 Å². The Morgan fingerprint density at radius 2 is 1.79 bits per heavy atom. The quantitative estimate of drug-likeness (QED) is 0.286. The summed E-state index contributed by atoms with van der Waals surface area (Å²) >= 11 is 0. The van der Waals surface area contributed by atoms with Crippen LogP contribution in [0.3, 0.4) is 0 Å². The van der Waals surface area contributed by atoms with E-state index in [9.17, 15) is 19.5 Å². The largest absolute Gasteiger partial charge is 0.506 e. The normalized spacial score (nSPS) is 11.9. The van der Waals surface area contributed by atoms with E-state index in [2.05, 4.69) is 15.6 Å². The third-order valence-corrected chi connectivity index (χ3v) is 4.45. The van der Waals surface area contributed by atoms with Crippen molar-refractivity contribution >= 4 is 23.6 Å². The van der Waals surface area contributed by atoms with Crippen LogP contribution < -0.4 is 16.1 Å². The summed E-state index contributed by atoms with van der Waals surface area (Å²) in [6, 6.07) is 9.15. The van der Waals surface area contributed by atoms with Crippen LogP contribution in [-0.4, -0.2) is 44.8 Å². The molecule has 0 aliphatic rings. The number of nitrogens with zero attached hydrogens (tertiary/aromatic N) is 1. The highest BCUT2D eigenvalue weighted by atomic mass is 16.6. The minimum absolute atomic E-state index is 0.00284. The van der Waals surface area contributed by atoms with Gasteiger partial charge in [-0.25, -0.2) is 10.3 Å². The molecule has 1 aromatic heterocycles. The van der Waals surface area contributed by atoms with Gasteiger partial charge in [0.2, 0.25) is 11.8 Å². The number of aryl methyl sites for hydroxylation is 1. The van der Waals surface area contributed by atoms with Crippen molar-refractivity contribution in [3.63, 3.8) is 0 Å². The number of nitrogens with one attached hydrogen (secondary N) is 3. The molecular weight excluding hydrogens is 428 g/mol. The van der Waals surface area contributed by atoms with Crippen molar-refractivity contribution in [3.05, 3.63) is 53.9 Å². The van der Waals surface area contributed by atoms with Crippen molar-refractivity contribution in [1.29, 1.82) is 0 Å². The fourth-order valence-corrected chi connectivity index (χ4v) is 2.90. The Morgan fingerprint density at radius 1 is 1.09 bits per heavy atom. The van der Waals surface area contributed by atoms with Crippen LogP contribution in [0.15, 0.2) is 42.6 Å². The van der Waals surface area contributed by atoms with E-state index in [-0.39, 0.29) is 18.6 Å². The Balaban J connectivity index is 2.04. The fourth-order valence-electron chi connectivity index (χ4n) is 2.90. The molecule has 178 valence electrons. The molecule has 10 heteroatoms. The van der Waals surface area contributed by atoms with Gasteiger partial charge < -0.3 is 20.5 Å². The van der Waals surface area contributed by atoms with E-state index in [1.54, 1.807) is 44.5 Å². The topological polar surface area (TPSA) is 150 Å². The minimum atomic E-state index is -0.964. The average molecular weight is 459 g/mol. The third kappa shape index (κ3) is 9.56. The summed E-state index contributed by atoms with van der Waals surface area (Å²) in [6.07, 6.45) is 2.04. The SMILES string of the molecule is CC(C)(C)OC(=O)N[C@H](Cc1ccc(O)cn1)C(=O)Nc1ccc(CCCC(=O)NO)cc1. The Bertz CT molecular complexity index is 939. The van der Waals surface area contributed by atoms with E-state index >= 15 is 0 Å². The Labute approximate surface area is 192 Å². The van der Waals surface area contributed by atoms with E-state index in [1.165, 1.54) is 12.3 Å². The zero-order chi connectivity index (χ0) is 24.4. The average Bonchev–Trinajstić information content (AvgIpc) is 2.74. The Hall–Kier alpha value is -3.66. The molecule has 0 fully saturated rings. The van der Waals surface area contributed by atoms with E-state index in [0.29, 0.717) is 24.2 Å². The first-order valence-corrected chi connectivity index (χ1v) is 10.5. The Kier molecular flexibility index (Phi) is 9.17. The molecule has 0 aliphatic carbocycles. The van der Waals surface area contributed by atoms with Gasteiger partial charge in [0, 0.05) is 24.2 Å². The predicted octanol–water partition coefficient (Wildman–Crippen LogP) is 2.69. The number of carbonyl (C=O) groups excluding carboxylic acids is 3. The summed E-state index contributed by atoms with van der Waals surface area (Å²) in [6.45, 7) is 5.17. The number of alkyl carbamates (subject to hydrolysis) is 1. The van der Waals surface area contributed by atoms with E-state index in [4.69, 9.17) is 9.94 Å². The van der Waals surface area contributed by atoms with Crippen molar-refractivity contribution < 1.29 is 29.4 Å². The summed E-state index contributed by atoms with van der Waals surface area (Å²) in [4.78, 5) is 40.3. The van der Waals surface area contributed by atoms with Gasteiger partial charge in [0.25, 0.3) is 0 Å². The van der Waals surface area contributed by atoms with Crippen LogP contribution in [0.2, 0.25) is 0 Å². The van der Waals surface area contributed by atoms with Crippen molar-refractivity contribution in [2.75, 3.05) is 5.32 Å². The van der Waals surface area contributed by atoms with Gasteiger partial charge in [-0.05, 0) is 63.4 Å². The molecular formula is C23H30N4O6. The molecule has 5 N–H and O–H groups in total. The van der Waals surface area contributed by atoms with E-state index < -0.39 is 29.6 Å². The molecule has 0 bridgehead atoms. The number of aromatic nitrogens is 1. The number of carbonyl (C=O) groups is 3. The third-order valence-electron chi connectivity index (χ3n) is 4.45. The predicted molar refractivity (Wildman–Crippen MR) is 121 cm³/mol. The van der Waals surface area contributed by atoms with Gasteiger partial charge in [-0.1, -0.05) is 12.1 Å². The molecule has 33 heavy (non-hydrogen) atoms. The van der Waals surface area contributed by atoms with Crippen LogP contribution in [-0.2, 0) is 27.2 Å². The second-order valence-electron chi connectivity index (χ2n) is 8.49. The van der Waals surface area contributed by atoms with E-state index in [1.807, 2.05) is 12.1 Å². The van der Waals surface area contributed by atoms with Gasteiger partial charge in [0.05, 0.1) is 6.20 Å². The highest BCUT2D eigenvalue weighted by Gasteiger charge is 2.25. The van der Waals surface area contributed by atoms with Gasteiger partial charge in [-0.3, -0.25) is 19.8 Å². The lowest BCUT2D eigenvalue weighted by atomic mass is 10.1. The first-order chi connectivity index (χ1) is 15.6. The molecule has 0 radical (unpaired) electrons. The first kappa shape index (κ1) is 25.6. The van der Waals surface area contributed by atoms with Crippen LogP contribution >= 0.6 is 0 Å². The lowest BCUT2D eigenvalue weighted by molar-refractivity contribution is -0.129. The number of amides is 3. The molecule has 3 amide bonds. The monoisotopic (exact) mass is 458 g/mol. The van der Waals surface area contributed by atoms with Crippen LogP contribution in [0.1, 0.15) is 44.9 Å². The van der Waals surface area contributed by atoms with Gasteiger partial charge in [-0.15, -0.1) is 0 Å². The highest BCUT2D eigenvalue weighted by Crippen LogP contribution is 2.14. The zero-order valence-corrected chi connectivity index (χ0v) is 18.9. The number of ether oxygens (including phenoxy) is 1. The summed E-state index contributed by atoms with van der Waals surface area (Å²) in [5, 5.41) is 23.3. The van der Waals surface area contributed by atoms with Crippen LogP contribution in [0.4, 0.5) is 10.5 Å². The molecule has 1 atom stereocenters. The van der Waals surface area contributed by atoms with Gasteiger partial charge in [-0.2, -0.15) is 0 Å². The minimum Gasteiger partial charge on any atom is -0.506 e. The van der Waals surface area contributed by atoms with Gasteiger partial charge >= 0.3 is 6.09 Å². The molecule has 0 saturated heterocycles. The molecule has 0 unspecified atom stereocenters. The van der Waals surface area contributed by atoms with Crippen molar-refractivity contribution in [2.45, 2.75) is 58.1 Å². The van der Waals surface area contributed by atoms with Crippen LogP contribution in [0.25, 0.3) is 0 Å². The molecule has 1 aromatic carbocycles. The number of pyridine rings is 1. The molecule has 0 aliphatic heterocycles. The maximum Gasteiger partial charge on any atom is 0.408 e. The van der Waals surface area contributed by atoms with Gasteiger partial charge in [0.1, 0.15) is 17.4 Å². The van der Waals surface area contributed by atoms with Crippen molar-refractivity contribution in [2.24, 2.45) is 0 Å². The number of anilines is 1. The molecule has 2 aromatic rings. The zero-order valence-electron chi connectivity index (χ0n) is 18.9. The van der Waals surface area contributed by atoms with E-state index in [0.717, 1.165) is 5.56 Å². The molecule has 10 nitrogen and oxygen atoms in total. The summed E-state index contributed by atoms with van der Waals surface area (Å²) in [5.74, 6) is -0.898. The molecule has 2 rings (SSSR count).